The summed E-state index contributed by atoms with van der Waals surface area (Å²) in [5.74, 6) is 0.589. The standard InChI is InChI=1S/C15H22O2/c1-12(2)14-8-6-13(7-9-14)11-17-15-5-3-4-10-16-15/h6-9,12,15H,3-5,10-11H2,1-2H3. The molecule has 0 amide bonds. The van der Waals surface area contributed by atoms with Crippen molar-refractivity contribution in [1.82, 2.24) is 0 Å². The Bertz CT molecular complexity index is 323. The SMILES string of the molecule is CC(C)c1ccc(COC2CCCCO2)cc1. The third kappa shape index (κ3) is 3.83. The van der Waals surface area contributed by atoms with Crippen molar-refractivity contribution in [3.8, 4) is 0 Å². The zero-order chi connectivity index (χ0) is 12.1. The first-order chi connectivity index (χ1) is 8.25. The fourth-order valence-corrected chi connectivity index (χ4v) is 2.03. The number of benzene rings is 1. The maximum Gasteiger partial charge on any atom is 0.158 e. The second kappa shape index (κ2) is 6.18. The summed E-state index contributed by atoms with van der Waals surface area (Å²) in [5, 5.41) is 0. The van der Waals surface area contributed by atoms with Crippen molar-refractivity contribution in [3.05, 3.63) is 35.4 Å². The van der Waals surface area contributed by atoms with Crippen LogP contribution in [-0.2, 0) is 16.1 Å². The molecular formula is C15H22O2. The van der Waals surface area contributed by atoms with Crippen LogP contribution in [0.3, 0.4) is 0 Å². The third-order valence-electron chi connectivity index (χ3n) is 3.22. The topological polar surface area (TPSA) is 18.5 Å². The first kappa shape index (κ1) is 12.6. The number of rotatable bonds is 4. The Balaban J connectivity index is 1.82. The molecule has 0 spiro atoms. The predicted molar refractivity (Wildman–Crippen MR) is 68.9 cm³/mol. The van der Waals surface area contributed by atoms with Crippen LogP contribution in [0.2, 0.25) is 0 Å². The van der Waals surface area contributed by atoms with Gasteiger partial charge in [0.05, 0.1) is 6.61 Å². The molecule has 0 bridgehead atoms. The smallest absolute Gasteiger partial charge is 0.158 e. The Morgan fingerprint density at radius 2 is 2.00 bits per heavy atom. The monoisotopic (exact) mass is 234 g/mol. The Labute approximate surface area is 104 Å². The Hall–Kier alpha value is -0.860. The van der Waals surface area contributed by atoms with Gasteiger partial charge in [-0.15, -0.1) is 0 Å². The van der Waals surface area contributed by atoms with Gasteiger partial charge in [0.25, 0.3) is 0 Å². The van der Waals surface area contributed by atoms with E-state index in [4.69, 9.17) is 9.47 Å². The molecule has 1 saturated heterocycles. The summed E-state index contributed by atoms with van der Waals surface area (Å²) < 4.78 is 11.3. The second-order valence-corrected chi connectivity index (χ2v) is 5.00. The lowest BCUT2D eigenvalue weighted by molar-refractivity contribution is -0.168. The predicted octanol–water partition coefficient (Wildman–Crippen LogP) is 3.85. The number of hydrogen-bond donors (Lipinski definition) is 0. The van der Waals surface area contributed by atoms with Gasteiger partial charge in [0.15, 0.2) is 6.29 Å². The quantitative estimate of drug-likeness (QED) is 0.787. The summed E-state index contributed by atoms with van der Waals surface area (Å²) in [7, 11) is 0. The average molecular weight is 234 g/mol. The van der Waals surface area contributed by atoms with Crippen molar-refractivity contribution in [1.29, 1.82) is 0 Å². The maximum absolute atomic E-state index is 5.75. The van der Waals surface area contributed by atoms with Crippen LogP contribution in [-0.4, -0.2) is 12.9 Å². The zero-order valence-electron chi connectivity index (χ0n) is 10.8. The molecule has 0 aromatic heterocycles. The van der Waals surface area contributed by atoms with Gasteiger partial charge in [-0.25, -0.2) is 0 Å². The van der Waals surface area contributed by atoms with Crippen molar-refractivity contribution in [2.45, 2.75) is 51.9 Å². The maximum atomic E-state index is 5.75. The summed E-state index contributed by atoms with van der Waals surface area (Å²) in [6.07, 6.45) is 3.43. The highest BCUT2D eigenvalue weighted by Crippen LogP contribution is 2.18. The Morgan fingerprint density at radius 1 is 1.24 bits per heavy atom. The van der Waals surface area contributed by atoms with E-state index in [0.29, 0.717) is 12.5 Å². The highest BCUT2D eigenvalue weighted by molar-refractivity contribution is 5.24. The lowest BCUT2D eigenvalue weighted by atomic mass is 10.0. The lowest BCUT2D eigenvalue weighted by Gasteiger charge is -2.22. The molecule has 1 heterocycles. The van der Waals surface area contributed by atoms with Gasteiger partial charge in [-0.1, -0.05) is 38.1 Å². The van der Waals surface area contributed by atoms with Crippen LogP contribution < -0.4 is 0 Å². The van der Waals surface area contributed by atoms with Crippen LogP contribution in [0, 0.1) is 0 Å². The molecule has 0 radical (unpaired) electrons. The van der Waals surface area contributed by atoms with Gasteiger partial charge in [-0.05, 0) is 36.3 Å². The molecule has 2 nitrogen and oxygen atoms in total. The molecule has 1 atom stereocenters. The molecule has 0 aliphatic carbocycles. The molecule has 1 aliphatic heterocycles. The highest BCUT2D eigenvalue weighted by atomic mass is 16.7. The van der Waals surface area contributed by atoms with Crippen molar-refractivity contribution in [2.24, 2.45) is 0 Å². The minimum atomic E-state index is 0.00789. The van der Waals surface area contributed by atoms with Gasteiger partial charge >= 0.3 is 0 Å². The van der Waals surface area contributed by atoms with E-state index in [0.717, 1.165) is 13.0 Å². The van der Waals surface area contributed by atoms with Crippen molar-refractivity contribution < 1.29 is 9.47 Å². The molecular weight excluding hydrogens is 212 g/mol. The molecule has 0 N–H and O–H groups in total. The second-order valence-electron chi connectivity index (χ2n) is 5.00. The van der Waals surface area contributed by atoms with Crippen LogP contribution in [0.4, 0.5) is 0 Å². The van der Waals surface area contributed by atoms with E-state index in [1.54, 1.807) is 0 Å². The molecule has 17 heavy (non-hydrogen) atoms. The van der Waals surface area contributed by atoms with Gasteiger partial charge in [0, 0.05) is 6.61 Å². The zero-order valence-corrected chi connectivity index (χ0v) is 10.8. The van der Waals surface area contributed by atoms with Crippen LogP contribution in [0.25, 0.3) is 0 Å². The van der Waals surface area contributed by atoms with Crippen molar-refractivity contribution in [3.63, 3.8) is 0 Å². The van der Waals surface area contributed by atoms with E-state index in [-0.39, 0.29) is 6.29 Å². The van der Waals surface area contributed by atoms with Crippen molar-refractivity contribution in [2.75, 3.05) is 6.61 Å². The van der Waals surface area contributed by atoms with E-state index in [1.807, 2.05) is 0 Å². The largest absolute Gasteiger partial charge is 0.353 e. The lowest BCUT2D eigenvalue weighted by Crippen LogP contribution is -2.21. The summed E-state index contributed by atoms with van der Waals surface area (Å²) in [6, 6.07) is 8.67. The third-order valence-corrected chi connectivity index (χ3v) is 3.22. The normalized spacial score (nSPS) is 20.8. The molecule has 94 valence electrons. The van der Waals surface area contributed by atoms with Gasteiger partial charge in [-0.2, -0.15) is 0 Å². The van der Waals surface area contributed by atoms with E-state index >= 15 is 0 Å². The summed E-state index contributed by atoms with van der Waals surface area (Å²) in [5.41, 5.74) is 2.60. The Morgan fingerprint density at radius 3 is 2.59 bits per heavy atom. The molecule has 1 fully saturated rings. The summed E-state index contributed by atoms with van der Waals surface area (Å²) in [6.45, 7) is 5.92. The van der Waals surface area contributed by atoms with Crippen LogP contribution >= 0.6 is 0 Å². The molecule has 2 heteroatoms. The first-order valence-electron chi connectivity index (χ1n) is 6.58. The van der Waals surface area contributed by atoms with Crippen LogP contribution in [0.1, 0.15) is 50.2 Å². The Kier molecular flexibility index (Phi) is 4.57. The van der Waals surface area contributed by atoms with Gasteiger partial charge in [0.2, 0.25) is 0 Å². The van der Waals surface area contributed by atoms with Gasteiger partial charge < -0.3 is 9.47 Å². The fraction of sp³-hybridized carbons (Fsp3) is 0.600. The molecule has 1 aromatic carbocycles. The number of hydrogen-bond acceptors (Lipinski definition) is 2. The van der Waals surface area contributed by atoms with E-state index in [9.17, 15) is 0 Å². The van der Waals surface area contributed by atoms with E-state index in [1.165, 1.54) is 24.0 Å². The summed E-state index contributed by atoms with van der Waals surface area (Å²) in [4.78, 5) is 0. The van der Waals surface area contributed by atoms with Crippen molar-refractivity contribution >= 4 is 0 Å². The molecule has 2 rings (SSSR count). The first-order valence-corrected chi connectivity index (χ1v) is 6.58. The van der Waals surface area contributed by atoms with Crippen LogP contribution in [0.5, 0.6) is 0 Å². The minimum Gasteiger partial charge on any atom is -0.353 e. The molecule has 0 saturated carbocycles. The molecule has 1 unspecified atom stereocenters. The molecule has 1 aromatic rings. The van der Waals surface area contributed by atoms with Gasteiger partial charge in [-0.3, -0.25) is 0 Å². The minimum absolute atomic E-state index is 0.00789. The van der Waals surface area contributed by atoms with E-state index < -0.39 is 0 Å². The summed E-state index contributed by atoms with van der Waals surface area (Å²) >= 11 is 0. The highest BCUT2D eigenvalue weighted by Gasteiger charge is 2.13. The number of ether oxygens (including phenoxy) is 2. The average Bonchev–Trinajstić information content (AvgIpc) is 2.38. The van der Waals surface area contributed by atoms with E-state index in [2.05, 4.69) is 38.1 Å². The fourth-order valence-electron chi connectivity index (χ4n) is 2.03. The van der Waals surface area contributed by atoms with Crippen LogP contribution in [0.15, 0.2) is 24.3 Å². The van der Waals surface area contributed by atoms with Gasteiger partial charge in [0.1, 0.15) is 0 Å². The molecule has 1 aliphatic rings.